The number of rotatable bonds is 4. The summed E-state index contributed by atoms with van der Waals surface area (Å²) < 4.78 is 5.83. The van der Waals surface area contributed by atoms with Crippen LogP contribution >= 0.6 is 0 Å². The van der Waals surface area contributed by atoms with Gasteiger partial charge in [-0.15, -0.1) is 0 Å². The number of amides is 1. The molecular weight excluding hydrogens is 246 g/mol. The van der Waals surface area contributed by atoms with Gasteiger partial charge in [0.05, 0.1) is 6.10 Å². The summed E-state index contributed by atoms with van der Waals surface area (Å²) in [4.78, 5) is 22.4. The molecule has 19 heavy (non-hydrogen) atoms. The molecule has 2 N–H and O–H groups in total. The topological polar surface area (TPSA) is 75.6 Å². The fourth-order valence-electron chi connectivity index (χ4n) is 2.51. The van der Waals surface area contributed by atoms with E-state index in [0.29, 0.717) is 6.54 Å². The molecule has 3 atom stereocenters. The summed E-state index contributed by atoms with van der Waals surface area (Å²) in [7, 11) is 0. The van der Waals surface area contributed by atoms with E-state index in [1.807, 2.05) is 0 Å². The Hall–Kier alpha value is -1.10. The van der Waals surface area contributed by atoms with Crippen LogP contribution in [0.25, 0.3) is 0 Å². The number of carboxylic acids is 1. The van der Waals surface area contributed by atoms with Gasteiger partial charge in [-0.25, -0.2) is 0 Å². The third-order valence-corrected chi connectivity index (χ3v) is 3.60. The van der Waals surface area contributed by atoms with Crippen LogP contribution in [-0.4, -0.2) is 36.2 Å². The van der Waals surface area contributed by atoms with Gasteiger partial charge in [0.15, 0.2) is 0 Å². The largest absolute Gasteiger partial charge is 0.481 e. The van der Waals surface area contributed by atoms with Crippen molar-refractivity contribution in [3.63, 3.8) is 0 Å². The Bertz CT molecular complexity index is 335. The van der Waals surface area contributed by atoms with Gasteiger partial charge in [-0.2, -0.15) is 0 Å². The van der Waals surface area contributed by atoms with Crippen LogP contribution < -0.4 is 5.32 Å². The van der Waals surface area contributed by atoms with Gasteiger partial charge in [-0.1, -0.05) is 20.8 Å². The molecule has 1 aliphatic rings. The molecule has 3 unspecified atom stereocenters. The molecule has 5 heteroatoms. The van der Waals surface area contributed by atoms with Crippen molar-refractivity contribution in [2.24, 2.45) is 17.3 Å². The molecule has 0 aromatic carbocycles. The third-order valence-electron chi connectivity index (χ3n) is 3.60. The van der Waals surface area contributed by atoms with Crippen LogP contribution in [-0.2, 0) is 14.3 Å². The minimum absolute atomic E-state index is 0.0221. The van der Waals surface area contributed by atoms with Gasteiger partial charge in [0.25, 0.3) is 0 Å². The normalized spacial score (nSPS) is 25.7. The fraction of sp³-hybridized carbons (Fsp3) is 0.857. The zero-order valence-corrected chi connectivity index (χ0v) is 12.2. The monoisotopic (exact) mass is 271 g/mol. The van der Waals surface area contributed by atoms with Gasteiger partial charge < -0.3 is 15.2 Å². The van der Waals surface area contributed by atoms with Gasteiger partial charge >= 0.3 is 5.97 Å². The molecule has 0 bridgehead atoms. The third kappa shape index (κ3) is 4.49. The lowest BCUT2D eigenvalue weighted by Crippen LogP contribution is -2.46. The molecule has 0 spiro atoms. The summed E-state index contributed by atoms with van der Waals surface area (Å²) in [6.07, 6.45) is 2.09. The summed E-state index contributed by atoms with van der Waals surface area (Å²) >= 11 is 0. The van der Waals surface area contributed by atoms with Crippen LogP contribution in [0.1, 0.15) is 40.5 Å². The molecule has 1 heterocycles. The molecule has 110 valence electrons. The number of nitrogens with one attached hydrogen (secondary N) is 1. The van der Waals surface area contributed by atoms with Gasteiger partial charge in [0, 0.05) is 19.1 Å². The quantitative estimate of drug-likeness (QED) is 0.763. The smallest absolute Gasteiger partial charge is 0.315 e. The van der Waals surface area contributed by atoms with E-state index in [1.165, 1.54) is 6.92 Å². The van der Waals surface area contributed by atoms with Crippen molar-refractivity contribution in [1.29, 1.82) is 0 Å². The minimum atomic E-state index is -1.09. The first-order valence-corrected chi connectivity index (χ1v) is 6.85. The predicted molar refractivity (Wildman–Crippen MR) is 71.7 cm³/mol. The molecule has 1 rings (SSSR count). The van der Waals surface area contributed by atoms with Crippen LogP contribution in [0.4, 0.5) is 0 Å². The number of carboxylic acid groups (broad SMARTS) is 1. The number of hydrogen-bond acceptors (Lipinski definition) is 3. The standard InChI is InChI=1S/C14H25NO4/c1-9(13(17)18)12(16)15-8-10-6-5-7-19-11(10)14(2,3)4/h9-11H,5-8H2,1-4H3,(H,15,16)(H,17,18). The number of hydrogen-bond donors (Lipinski definition) is 2. The highest BCUT2D eigenvalue weighted by Gasteiger charge is 2.35. The average molecular weight is 271 g/mol. The number of carbonyl (C=O) groups excluding carboxylic acids is 1. The Morgan fingerprint density at radius 1 is 1.42 bits per heavy atom. The maximum absolute atomic E-state index is 11.7. The van der Waals surface area contributed by atoms with Crippen molar-refractivity contribution in [3.8, 4) is 0 Å². The molecule has 1 fully saturated rings. The van der Waals surface area contributed by atoms with E-state index in [0.717, 1.165) is 19.4 Å². The van der Waals surface area contributed by atoms with Crippen LogP contribution in [0, 0.1) is 17.3 Å². The molecule has 1 amide bonds. The van der Waals surface area contributed by atoms with E-state index in [-0.39, 0.29) is 17.4 Å². The first kappa shape index (κ1) is 16.0. The highest BCUT2D eigenvalue weighted by molar-refractivity contribution is 5.96. The molecule has 1 aliphatic heterocycles. The second-order valence-corrected chi connectivity index (χ2v) is 6.36. The fourth-order valence-corrected chi connectivity index (χ4v) is 2.51. The summed E-state index contributed by atoms with van der Waals surface area (Å²) in [5, 5.41) is 11.5. The minimum Gasteiger partial charge on any atom is -0.481 e. The molecule has 5 nitrogen and oxygen atoms in total. The maximum Gasteiger partial charge on any atom is 0.315 e. The average Bonchev–Trinajstić information content (AvgIpc) is 2.34. The molecule has 0 aromatic heterocycles. The Balaban J connectivity index is 2.55. The van der Waals surface area contributed by atoms with Crippen molar-refractivity contribution in [2.75, 3.05) is 13.2 Å². The van der Waals surface area contributed by atoms with Crippen molar-refractivity contribution in [3.05, 3.63) is 0 Å². The van der Waals surface area contributed by atoms with E-state index in [2.05, 4.69) is 26.1 Å². The van der Waals surface area contributed by atoms with Crippen molar-refractivity contribution in [1.82, 2.24) is 5.32 Å². The van der Waals surface area contributed by atoms with Crippen LogP contribution in [0.5, 0.6) is 0 Å². The second-order valence-electron chi connectivity index (χ2n) is 6.36. The summed E-state index contributed by atoms with van der Waals surface area (Å²) in [6, 6.07) is 0. The Morgan fingerprint density at radius 3 is 2.58 bits per heavy atom. The lowest BCUT2D eigenvalue weighted by molar-refractivity contribution is -0.146. The van der Waals surface area contributed by atoms with Crippen molar-refractivity contribution in [2.45, 2.75) is 46.6 Å². The summed E-state index contributed by atoms with van der Waals surface area (Å²) in [6.45, 7) is 9.01. The highest BCUT2D eigenvalue weighted by Crippen LogP contribution is 2.33. The van der Waals surface area contributed by atoms with Crippen molar-refractivity contribution < 1.29 is 19.4 Å². The zero-order chi connectivity index (χ0) is 14.6. The van der Waals surface area contributed by atoms with Crippen molar-refractivity contribution >= 4 is 11.9 Å². The second kappa shape index (κ2) is 6.37. The predicted octanol–water partition coefficient (Wildman–Crippen LogP) is 1.66. The van der Waals surface area contributed by atoms with E-state index in [1.54, 1.807) is 0 Å². The van der Waals surface area contributed by atoms with E-state index >= 15 is 0 Å². The summed E-state index contributed by atoms with van der Waals surface area (Å²) in [5.74, 6) is -2.27. The molecular formula is C14H25NO4. The van der Waals surface area contributed by atoms with Crippen LogP contribution in [0.2, 0.25) is 0 Å². The lowest BCUT2D eigenvalue weighted by Gasteiger charge is -2.40. The SMILES string of the molecule is CC(C(=O)O)C(=O)NCC1CCCOC1C(C)(C)C. The van der Waals surface area contributed by atoms with Crippen LogP contribution in [0.3, 0.4) is 0 Å². The number of ether oxygens (including phenoxy) is 1. The number of carbonyl (C=O) groups is 2. The maximum atomic E-state index is 11.7. The molecule has 1 saturated heterocycles. The van der Waals surface area contributed by atoms with Crippen LogP contribution in [0.15, 0.2) is 0 Å². The Morgan fingerprint density at radius 2 is 2.05 bits per heavy atom. The first-order valence-electron chi connectivity index (χ1n) is 6.85. The van der Waals surface area contributed by atoms with E-state index < -0.39 is 17.8 Å². The van der Waals surface area contributed by atoms with Gasteiger partial charge in [-0.05, 0) is 25.2 Å². The molecule has 0 aromatic rings. The Kier molecular flexibility index (Phi) is 5.35. The summed E-state index contributed by atoms with van der Waals surface area (Å²) in [5.41, 5.74) is 0.0221. The van der Waals surface area contributed by atoms with E-state index in [4.69, 9.17) is 9.84 Å². The van der Waals surface area contributed by atoms with Gasteiger partial charge in [-0.3, -0.25) is 9.59 Å². The van der Waals surface area contributed by atoms with Gasteiger partial charge in [0.1, 0.15) is 5.92 Å². The molecule has 0 saturated carbocycles. The van der Waals surface area contributed by atoms with Gasteiger partial charge in [0.2, 0.25) is 5.91 Å². The molecule has 0 radical (unpaired) electrons. The highest BCUT2D eigenvalue weighted by atomic mass is 16.5. The molecule has 0 aliphatic carbocycles. The number of aliphatic carboxylic acids is 1. The Labute approximate surface area is 114 Å². The lowest BCUT2D eigenvalue weighted by atomic mass is 9.78. The zero-order valence-electron chi connectivity index (χ0n) is 12.2. The first-order chi connectivity index (χ1) is 8.73. The van der Waals surface area contributed by atoms with E-state index in [9.17, 15) is 9.59 Å².